The minimum atomic E-state index is -0.128. The van der Waals surface area contributed by atoms with Gasteiger partial charge in [0.1, 0.15) is 22.2 Å². The van der Waals surface area contributed by atoms with Gasteiger partial charge in [-0.2, -0.15) is 0 Å². The van der Waals surface area contributed by atoms with Crippen molar-refractivity contribution in [2.45, 2.75) is 19.1 Å². The molecule has 4 rings (SSSR count). The zero-order valence-electron chi connectivity index (χ0n) is 15.6. The van der Waals surface area contributed by atoms with Gasteiger partial charge in [0.15, 0.2) is 0 Å². The van der Waals surface area contributed by atoms with Crippen LogP contribution in [0.5, 0.6) is 5.75 Å². The molecule has 28 heavy (non-hydrogen) atoms. The summed E-state index contributed by atoms with van der Waals surface area (Å²) < 4.78 is 11.3. The molecule has 1 unspecified atom stereocenters. The number of thiophene rings is 1. The summed E-state index contributed by atoms with van der Waals surface area (Å²) in [4.78, 5) is 21.0. The van der Waals surface area contributed by atoms with E-state index < -0.39 is 0 Å². The number of fused-ring (bicyclic) bond motifs is 1. The van der Waals surface area contributed by atoms with Gasteiger partial charge in [-0.1, -0.05) is 18.2 Å². The molecule has 0 fully saturated rings. The summed E-state index contributed by atoms with van der Waals surface area (Å²) in [5, 5.41) is 2.57. The van der Waals surface area contributed by atoms with Crippen LogP contribution >= 0.6 is 23.1 Å². The quantitative estimate of drug-likeness (QED) is 0.410. The van der Waals surface area contributed by atoms with Crippen LogP contribution in [0.2, 0.25) is 0 Å². The second-order valence-corrected chi connectivity index (χ2v) is 8.69. The van der Waals surface area contributed by atoms with E-state index in [1.165, 1.54) is 11.3 Å². The first-order valence-corrected chi connectivity index (χ1v) is 10.9. The van der Waals surface area contributed by atoms with Crippen LogP contribution in [0, 0.1) is 6.92 Å². The lowest BCUT2D eigenvalue weighted by molar-refractivity contribution is 0.341. The second kappa shape index (κ2) is 8.24. The molecule has 7 heteroatoms. The summed E-state index contributed by atoms with van der Waals surface area (Å²) >= 11 is 3.16. The fourth-order valence-electron chi connectivity index (χ4n) is 2.95. The molecule has 0 saturated carbocycles. The van der Waals surface area contributed by atoms with Crippen LogP contribution in [0.15, 0.2) is 57.3 Å². The van der Waals surface area contributed by atoms with Gasteiger partial charge in [0, 0.05) is 16.7 Å². The number of para-hydroxylation sites is 1. The van der Waals surface area contributed by atoms with Gasteiger partial charge in [0.05, 0.1) is 23.5 Å². The summed E-state index contributed by atoms with van der Waals surface area (Å²) in [5.74, 6) is 3.08. The summed E-state index contributed by atoms with van der Waals surface area (Å²) in [5.41, 5.74) is 1.79. The fraction of sp³-hybridized carbons (Fsp3) is 0.238. The van der Waals surface area contributed by atoms with Gasteiger partial charge < -0.3 is 14.1 Å². The third-order valence-electron chi connectivity index (χ3n) is 4.44. The standard InChI is InChI=1S/C21H20N2O3S2/c1-13-6-3-4-7-16(13)26-10-11-27-14(2)19-22-20(24)18-15(12-28-21(18)23-19)17-8-5-9-25-17/h3-9,12,14H,10-11H2,1-2H3,(H,22,23,24). The van der Waals surface area contributed by atoms with Crippen LogP contribution in [0.3, 0.4) is 0 Å². The summed E-state index contributed by atoms with van der Waals surface area (Å²) in [6.45, 7) is 4.69. The maximum atomic E-state index is 12.7. The Balaban J connectivity index is 1.44. The molecule has 4 aromatic rings. The SMILES string of the molecule is Cc1ccccc1OCCSC(C)c1nc2scc(-c3ccco3)c2c(=O)[nH]1. The van der Waals surface area contributed by atoms with Crippen molar-refractivity contribution in [3.63, 3.8) is 0 Å². The number of hydrogen-bond donors (Lipinski definition) is 1. The molecule has 3 aromatic heterocycles. The number of H-pyrrole nitrogens is 1. The Morgan fingerprint density at radius 2 is 2.14 bits per heavy atom. The van der Waals surface area contributed by atoms with E-state index in [0.717, 1.165) is 27.5 Å². The number of nitrogens with zero attached hydrogens (tertiary/aromatic N) is 1. The molecule has 3 heterocycles. The minimum absolute atomic E-state index is 0.0618. The Hall–Kier alpha value is -2.51. The number of rotatable bonds is 7. The molecule has 0 amide bonds. The van der Waals surface area contributed by atoms with Gasteiger partial charge in [0.25, 0.3) is 5.56 Å². The van der Waals surface area contributed by atoms with Crippen molar-refractivity contribution in [2.24, 2.45) is 0 Å². The van der Waals surface area contributed by atoms with E-state index in [-0.39, 0.29) is 10.8 Å². The van der Waals surface area contributed by atoms with E-state index in [0.29, 0.717) is 23.6 Å². The fourth-order valence-corrected chi connectivity index (χ4v) is 4.68. The highest BCUT2D eigenvalue weighted by atomic mass is 32.2. The molecule has 144 valence electrons. The van der Waals surface area contributed by atoms with Crippen molar-refractivity contribution in [1.29, 1.82) is 0 Å². The Morgan fingerprint density at radius 3 is 2.93 bits per heavy atom. The highest BCUT2D eigenvalue weighted by Gasteiger charge is 2.17. The van der Waals surface area contributed by atoms with E-state index in [2.05, 4.69) is 9.97 Å². The summed E-state index contributed by atoms with van der Waals surface area (Å²) in [6, 6.07) is 11.6. The van der Waals surface area contributed by atoms with Gasteiger partial charge >= 0.3 is 0 Å². The van der Waals surface area contributed by atoms with E-state index in [1.54, 1.807) is 18.0 Å². The lowest BCUT2D eigenvalue weighted by Gasteiger charge is -2.12. The molecular formula is C21H20N2O3S2. The van der Waals surface area contributed by atoms with Crippen molar-refractivity contribution in [2.75, 3.05) is 12.4 Å². The number of furan rings is 1. The van der Waals surface area contributed by atoms with Crippen LogP contribution < -0.4 is 10.3 Å². The summed E-state index contributed by atoms with van der Waals surface area (Å²) in [7, 11) is 0. The average Bonchev–Trinajstić information content (AvgIpc) is 3.35. The monoisotopic (exact) mass is 412 g/mol. The molecular weight excluding hydrogens is 392 g/mol. The first-order valence-electron chi connectivity index (χ1n) is 8.99. The zero-order chi connectivity index (χ0) is 19.5. The average molecular weight is 413 g/mol. The second-order valence-electron chi connectivity index (χ2n) is 6.38. The molecule has 0 aliphatic heterocycles. The third-order valence-corrected chi connectivity index (χ3v) is 6.43. The van der Waals surface area contributed by atoms with Gasteiger partial charge in [-0.3, -0.25) is 4.79 Å². The normalized spacial score (nSPS) is 12.4. The number of hydrogen-bond acceptors (Lipinski definition) is 6. The number of ether oxygens (including phenoxy) is 1. The first-order chi connectivity index (χ1) is 13.6. The zero-order valence-corrected chi connectivity index (χ0v) is 17.2. The van der Waals surface area contributed by atoms with Gasteiger partial charge in [0.2, 0.25) is 0 Å². The maximum absolute atomic E-state index is 12.7. The molecule has 1 N–H and O–H groups in total. The third kappa shape index (κ3) is 3.86. The van der Waals surface area contributed by atoms with E-state index in [4.69, 9.17) is 9.15 Å². The van der Waals surface area contributed by atoms with Crippen LogP contribution in [-0.4, -0.2) is 22.3 Å². The predicted octanol–water partition coefficient (Wildman–Crippen LogP) is 5.43. The molecule has 1 aromatic carbocycles. The van der Waals surface area contributed by atoms with Crippen molar-refractivity contribution < 1.29 is 9.15 Å². The van der Waals surface area contributed by atoms with Gasteiger partial charge in [-0.25, -0.2) is 4.98 Å². The van der Waals surface area contributed by atoms with Crippen LogP contribution in [-0.2, 0) is 0 Å². The molecule has 0 radical (unpaired) electrons. The van der Waals surface area contributed by atoms with Crippen molar-refractivity contribution in [3.8, 4) is 17.1 Å². The maximum Gasteiger partial charge on any atom is 0.260 e. The Bertz CT molecular complexity index is 1130. The number of aromatic nitrogens is 2. The lowest BCUT2D eigenvalue weighted by Crippen LogP contribution is -2.13. The van der Waals surface area contributed by atoms with Crippen molar-refractivity contribution in [1.82, 2.24) is 9.97 Å². The number of thioether (sulfide) groups is 1. The molecule has 0 saturated heterocycles. The van der Waals surface area contributed by atoms with Crippen LogP contribution in [0.1, 0.15) is 23.6 Å². The van der Waals surface area contributed by atoms with Crippen LogP contribution in [0.25, 0.3) is 21.5 Å². The van der Waals surface area contributed by atoms with Crippen molar-refractivity contribution >= 4 is 33.3 Å². The Kier molecular flexibility index (Phi) is 5.54. The number of benzene rings is 1. The highest BCUT2D eigenvalue weighted by Crippen LogP contribution is 2.33. The van der Waals surface area contributed by atoms with E-state index >= 15 is 0 Å². The molecule has 0 spiro atoms. The molecule has 1 atom stereocenters. The highest BCUT2D eigenvalue weighted by molar-refractivity contribution is 7.99. The van der Waals surface area contributed by atoms with Crippen LogP contribution in [0.4, 0.5) is 0 Å². The Morgan fingerprint density at radius 1 is 1.29 bits per heavy atom. The number of aromatic amines is 1. The molecule has 0 bridgehead atoms. The van der Waals surface area contributed by atoms with E-state index in [9.17, 15) is 4.79 Å². The number of nitrogens with one attached hydrogen (secondary N) is 1. The van der Waals surface area contributed by atoms with Gasteiger partial charge in [-0.15, -0.1) is 23.1 Å². The lowest BCUT2D eigenvalue weighted by atomic mass is 10.2. The molecule has 0 aliphatic carbocycles. The van der Waals surface area contributed by atoms with Gasteiger partial charge in [-0.05, 0) is 37.6 Å². The minimum Gasteiger partial charge on any atom is -0.492 e. The van der Waals surface area contributed by atoms with E-state index in [1.807, 2.05) is 55.6 Å². The summed E-state index contributed by atoms with van der Waals surface area (Å²) in [6.07, 6.45) is 1.60. The number of aryl methyl sites for hydroxylation is 1. The van der Waals surface area contributed by atoms with Crippen molar-refractivity contribution in [3.05, 3.63) is 69.8 Å². The molecule has 5 nitrogen and oxygen atoms in total. The Labute approximate surface area is 170 Å². The molecule has 0 aliphatic rings. The largest absolute Gasteiger partial charge is 0.492 e. The smallest absolute Gasteiger partial charge is 0.260 e. The first kappa shape index (κ1) is 18.8. The predicted molar refractivity (Wildman–Crippen MR) is 115 cm³/mol. The topological polar surface area (TPSA) is 68.1 Å².